The van der Waals surface area contributed by atoms with Gasteiger partial charge in [-0.3, -0.25) is 4.79 Å². The van der Waals surface area contributed by atoms with Gasteiger partial charge in [-0.1, -0.05) is 11.6 Å². The van der Waals surface area contributed by atoms with Gasteiger partial charge in [0.2, 0.25) is 5.91 Å². The van der Waals surface area contributed by atoms with Gasteiger partial charge in [-0.25, -0.2) is 4.79 Å². The molecule has 5 nitrogen and oxygen atoms in total. The highest BCUT2D eigenvalue weighted by Crippen LogP contribution is 2.33. The second-order valence-corrected chi connectivity index (χ2v) is 5.01. The van der Waals surface area contributed by atoms with Crippen LogP contribution in [-0.4, -0.2) is 31.3 Å². The lowest BCUT2D eigenvalue weighted by atomic mass is 10.2. The molecule has 0 unspecified atom stereocenters. The van der Waals surface area contributed by atoms with Crippen molar-refractivity contribution in [1.82, 2.24) is 5.32 Å². The van der Waals surface area contributed by atoms with Gasteiger partial charge in [0.05, 0.1) is 23.4 Å². The molecule has 1 aromatic rings. The number of halogens is 1. The number of nitrogens with two attached hydrogens (primary N) is 1. The number of hydrogen-bond acceptors (Lipinski definition) is 5. The monoisotopic (exact) mass is 302 g/mol. The van der Waals surface area contributed by atoms with E-state index in [2.05, 4.69) is 10.1 Å². The van der Waals surface area contributed by atoms with Crippen LogP contribution in [0.5, 0.6) is 0 Å². The summed E-state index contributed by atoms with van der Waals surface area (Å²) in [4.78, 5) is 23.6. The van der Waals surface area contributed by atoms with Crippen molar-refractivity contribution < 1.29 is 14.3 Å². The van der Waals surface area contributed by atoms with Gasteiger partial charge in [0.1, 0.15) is 0 Å². The molecular formula is C12H15ClN2O3S. The summed E-state index contributed by atoms with van der Waals surface area (Å²) in [5.41, 5.74) is 6.28. The first-order valence-corrected chi connectivity index (χ1v) is 6.92. The zero-order valence-electron chi connectivity index (χ0n) is 10.7. The fourth-order valence-electron chi connectivity index (χ4n) is 1.41. The molecule has 0 aliphatic carbocycles. The number of nitrogens with one attached hydrogen (secondary N) is 1. The van der Waals surface area contributed by atoms with Crippen LogP contribution in [0.2, 0.25) is 5.02 Å². The molecule has 19 heavy (non-hydrogen) atoms. The summed E-state index contributed by atoms with van der Waals surface area (Å²) in [7, 11) is 1.28. The van der Waals surface area contributed by atoms with Crippen molar-refractivity contribution in [2.24, 2.45) is 0 Å². The summed E-state index contributed by atoms with van der Waals surface area (Å²) < 4.78 is 4.67. The predicted molar refractivity (Wildman–Crippen MR) is 76.6 cm³/mol. The van der Waals surface area contributed by atoms with Crippen molar-refractivity contribution in [3.05, 3.63) is 22.7 Å². The molecule has 104 valence electrons. The molecule has 0 aromatic heterocycles. The molecule has 0 saturated heterocycles. The van der Waals surface area contributed by atoms with Crippen LogP contribution in [0.25, 0.3) is 0 Å². The number of ether oxygens (including phenoxy) is 1. The Bertz CT molecular complexity index is 494. The lowest BCUT2D eigenvalue weighted by molar-refractivity contribution is -0.118. The van der Waals surface area contributed by atoms with Crippen molar-refractivity contribution in [3.63, 3.8) is 0 Å². The van der Waals surface area contributed by atoms with Gasteiger partial charge in [-0.15, -0.1) is 11.8 Å². The van der Waals surface area contributed by atoms with Crippen LogP contribution in [-0.2, 0) is 9.53 Å². The van der Waals surface area contributed by atoms with E-state index in [1.54, 1.807) is 0 Å². The third kappa shape index (κ3) is 4.33. The molecule has 1 aromatic carbocycles. The SMILES string of the molecule is CCNC(=O)CSc1c(Cl)cc(N)cc1C(=O)OC. The highest BCUT2D eigenvalue weighted by molar-refractivity contribution is 8.00. The quantitative estimate of drug-likeness (QED) is 0.493. The topological polar surface area (TPSA) is 81.4 Å². The molecule has 0 aliphatic heterocycles. The molecule has 7 heteroatoms. The number of carbonyl (C=O) groups is 2. The van der Waals surface area contributed by atoms with Gasteiger partial charge in [-0.2, -0.15) is 0 Å². The summed E-state index contributed by atoms with van der Waals surface area (Å²) in [5, 5.41) is 2.99. The van der Waals surface area contributed by atoms with Crippen LogP contribution in [0.1, 0.15) is 17.3 Å². The van der Waals surface area contributed by atoms with Gasteiger partial charge >= 0.3 is 5.97 Å². The molecule has 0 heterocycles. The summed E-state index contributed by atoms with van der Waals surface area (Å²) in [6.45, 7) is 2.39. The number of rotatable bonds is 5. The number of esters is 1. The fraction of sp³-hybridized carbons (Fsp3) is 0.333. The average molecular weight is 303 g/mol. The van der Waals surface area contributed by atoms with Crippen LogP contribution in [0, 0.1) is 0 Å². The number of carbonyl (C=O) groups excluding carboxylic acids is 2. The summed E-state index contributed by atoms with van der Waals surface area (Å²) in [5.74, 6) is -0.495. The van der Waals surface area contributed by atoms with Gasteiger partial charge in [0.25, 0.3) is 0 Å². The highest BCUT2D eigenvalue weighted by Gasteiger charge is 2.17. The maximum atomic E-state index is 11.7. The van der Waals surface area contributed by atoms with E-state index < -0.39 is 5.97 Å². The maximum absolute atomic E-state index is 11.7. The van der Waals surface area contributed by atoms with Crippen molar-refractivity contribution in [3.8, 4) is 0 Å². The first-order valence-electron chi connectivity index (χ1n) is 5.56. The minimum atomic E-state index is -0.535. The molecule has 3 N–H and O–H groups in total. The van der Waals surface area contributed by atoms with E-state index in [4.69, 9.17) is 17.3 Å². The Labute approximate surface area is 120 Å². The third-order valence-electron chi connectivity index (χ3n) is 2.19. The Balaban J connectivity index is 2.98. The van der Waals surface area contributed by atoms with E-state index in [1.165, 1.54) is 31.0 Å². The fourth-order valence-corrected chi connectivity index (χ4v) is 2.67. The van der Waals surface area contributed by atoms with E-state index in [-0.39, 0.29) is 17.2 Å². The number of anilines is 1. The molecule has 0 fully saturated rings. The van der Waals surface area contributed by atoms with Crippen LogP contribution >= 0.6 is 23.4 Å². The minimum absolute atomic E-state index is 0.129. The van der Waals surface area contributed by atoms with Crippen LogP contribution < -0.4 is 11.1 Å². The summed E-state index contributed by atoms with van der Waals surface area (Å²) in [6.07, 6.45) is 0. The Morgan fingerprint density at radius 2 is 2.16 bits per heavy atom. The van der Waals surface area contributed by atoms with Crippen molar-refractivity contribution >= 4 is 40.9 Å². The van der Waals surface area contributed by atoms with E-state index in [0.717, 1.165) is 0 Å². The Kier molecular flexibility index (Phi) is 5.98. The summed E-state index contributed by atoms with van der Waals surface area (Å²) >= 11 is 7.23. The molecule has 0 bridgehead atoms. The smallest absolute Gasteiger partial charge is 0.339 e. The number of nitrogen functional groups attached to an aromatic ring is 1. The van der Waals surface area contributed by atoms with Gasteiger partial charge in [-0.05, 0) is 19.1 Å². The lowest BCUT2D eigenvalue weighted by Gasteiger charge is -2.10. The standard InChI is InChI=1S/C12H15ClN2O3S/c1-3-15-10(16)6-19-11-8(12(17)18-2)4-7(14)5-9(11)13/h4-5H,3,6,14H2,1-2H3,(H,15,16). The van der Waals surface area contributed by atoms with Crippen LogP contribution in [0.15, 0.2) is 17.0 Å². The van der Waals surface area contributed by atoms with Crippen LogP contribution in [0.4, 0.5) is 5.69 Å². The van der Waals surface area contributed by atoms with Crippen molar-refractivity contribution in [2.45, 2.75) is 11.8 Å². The number of thioether (sulfide) groups is 1. The molecule has 1 rings (SSSR count). The van der Waals surface area contributed by atoms with Crippen LogP contribution in [0.3, 0.4) is 0 Å². The van der Waals surface area contributed by atoms with E-state index in [9.17, 15) is 9.59 Å². The van der Waals surface area contributed by atoms with Gasteiger partial charge in [0, 0.05) is 17.1 Å². The zero-order chi connectivity index (χ0) is 14.4. The molecule has 0 spiro atoms. The summed E-state index contributed by atoms with van der Waals surface area (Å²) in [6, 6.07) is 3.02. The molecule has 0 aliphatic rings. The van der Waals surface area contributed by atoms with Crippen molar-refractivity contribution in [1.29, 1.82) is 0 Å². The number of hydrogen-bond donors (Lipinski definition) is 2. The first kappa shape index (κ1) is 15.7. The normalized spacial score (nSPS) is 10.1. The van der Waals surface area contributed by atoms with E-state index in [0.29, 0.717) is 22.2 Å². The zero-order valence-corrected chi connectivity index (χ0v) is 12.2. The molecule has 0 radical (unpaired) electrons. The predicted octanol–water partition coefficient (Wildman–Crippen LogP) is 1.94. The van der Waals surface area contributed by atoms with Gasteiger partial charge < -0.3 is 15.8 Å². The minimum Gasteiger partial charge on any atom is -0.465 e. The molecule has 0 saturated carbocycles. The number of methoxy groups -OCH3 is 1. The first-order chi connectivity index (χ1) is 8.99. The number of amides is 1. The lowest BCUT2D eigenvalue weighted by Crippen LogP contribution is -2.24. The molecule has 0 atom stereocenters. The highest BCUT2D eigenvalue weighted by atomic mass is 35.5. The Hall–Kier alpha value is -1.40. The van der Waals surface area contributed by atoms with E-state index in [1.807, 2.05) is 6.92 Å². The van der Waals surface area contributed by atoms with Crippen molar-refractivity contribution in [2.75, 3.05) is 25.1 Å². The maximum Gasteiger partial charge on any atom is 0.339 e. The number of benzene rings is 1. The molecule has 1 amide bonds. The average Bonchev–Trinajstić information content (AvgIpc) is 2.36. The second kappa shape index (κ2) is 7.25. The second-order valence-electron chi connectivity index (χ2n) is 3.61. The largest absolute Gasteiger partial charge is 0.465 e. The van der Waals surface area contributed by atoms with Gasteiger partial charge in [0.15, 0.2) is 0 Å². The Morgan fingerprint density at radius 1 is 1.47 bits per heavy atom. The molecular weight excluding hydrogens is 288 g/mol. The third-order valence-corrected chi connectivity index (χ3v) is 3.74. The van der Waals surface area contributed by atoms with E-state index >= 15 is 0 Å². The Morgan fingerprint density at radius 3 is 2.74 bits per heavy atom.